The van der Waals surface area contributed by atoms with Gasteiger partial charge in [-0.15, -0.1) is 11.8 Å². The van der Waals surface area contributed by atoms with Gasteiger partial charge in [0.15, 0.2) is 0 Å². The largest absolute Gasteiger partial charge is 0.332 e. The predicted octanol–water partition coefficient (Wildman–Crippen LogP) is 2.02. The van der Waals surface area contributed by atoms with Crippen LogP contribution in [0, 0.1) is 5.82 Å². The van der Waals surface area contributed by atoms with Gasteiger partial charge in [0, 0.05) is 12.4 Å². The maximum Gasteiger partial charge on any atom is 0.322 e. The highest BCUT2D eigenvalue weighted by molar-refractivity contribution is 8.02. The molecule has 20 heavy (non-hydrogen) atoms. The number of nitrogens with zero attached hydrogens (tertiary/aromatic N) is 2. The molecule has 0 aliphatic carbocycles. The molecule has 0 fully saturated rings. The van der Waals surface area contributed by atoms with Crippen LogP contribution in [0.1, 0.15) is 18.5 Å². The van der Waals surface area contributed by atoms with Gasteiger partial charge in [0.2, 0.25) is 0 Å². The third kappa shape index (κ3) is 3.71. The smallest absolute Gasteiger partial charge is 0.322 e. The zero-order chi connectivity index (χ0) is 14.4. The molecule has 0 radical (unpaired) electrons. The van der Waals surface area contributed by atoms with Crippen LogP contribution in [0.4, 0.5) is 9.18 Å². The Bertz CT molecular complexity index is 497. The number of hydrogen-bond acceptors (Lipinski definition) is 4. The summed E-state index contributed by atoms with van der Waals surface area (Å²) in [5.74, 6) is -0.418. The third-order valence-corrected chi connectivity index (χ3v) is 3.95. The number of halogens is 1. The summed E-state index contributed by atoms with van der Waals surface area (Å²) in [5, 5.41) is 4.62. The number of carbonyl (C=O) groups excluding carboxylic acids is 1. The molecule has 0 spiro atoms. The second-order valence-corrected chi connectivity index (χ2v) is 5.39. The van der Waals surface area contributed by atoms with Crippen LogP contribution in [0.3, 0.4) is 0 Å². The highest BCUT2D eigenvalue weighted by Gasteiger charge is 2.25. The number of carbonyl (C=O) groups is 1. The van der Waals surface area contributed by atoms with E-state index in [1.807, 2.05) is 5.41 Å². The van der Waals surface area contributed by atoms with Crippen molar-refractivity contribution in [2.75, 3.05) is 6.54 Å². The monoisotopic (exact) mass is 296 g/mol. The maximum atomic E-state index is 13.4. The van der Waals surface area contributed by atoms with Crippen LogP contribution in [-0.4, -0.2) is 27.8 Å². The molecule has 2 heterocycles. The average molecular weight is 296 g/mol. The first kappa shape index (κ1) is 14.8. The first-order chi connectivity index (χ1) is 9.72. The summed E-state index contributed by atoms with van der Waals surface area (Å²) < 4.78 is 13.4. The Labute approximate surface area is 121 Å². The summed E-state index contributed by atoms with van der Waals surface area (Å²) in [6.45, 7) is 0.676. The van der Waals surface area contributed by atoms with Crippen molar-refractivity contribution in [2.24, 2.45) is 5.73 Å². The molecule has 0 saturated heterocycles. The van der Waals surface area contributed by atoms with Gasteiger partial charge in [0.1, 0.15) is 5.82 Å². The highest BCUT2D eigenvalue weighted by atomic mass is 32.2. The lowest BCUT2D eigenvalue weighted by Gasteiger charge is -2.23. The topological polar surface area (TPSA) is 71.2 Å². The Balaban J connectivity index is 1.88. The van der Waals surface area contributed by atoms with E-state index < -0.39 is 5.82 Å². The molecule has 1 aliphatic heterocycles. The van der Waals surface area contributed by atoms with E-state index in [9.17, 15) is 9.18 Å². The molecule has 1 atom stereocenters. The number of nitrogens with one attached hydrogen (secondary N) is 1. The van der Waals surface area contributed by atoms with Gasteiger partial charge >= 0.3 is 6.03 Å². The number of hydrogen-bond donors (Lipinski definition) is 2. The Kier molecular flexibility index (Phi) is 5.37. The molecule has 1 unspecified atom stereocenters. The molecule has 0 bridgehead atoms. The molecule has 0 aromatic carbocycles. The second kappa shape index (κ2) is 7.25. The zero-order valence-corrected chi connectivity index (χ0v) is 11.8. The van der Waals surface area contributed by atoms with Crippen molar-refractivity contribution in [3.05, 3.63) is 41.4 Å². The van der Waals surface area contributed by atoms with Crippen molar-refractivity contribution >= 4 is 17.8 Å². The average Bonchev–Trinajstić information content (AvgIpc) is 2.92. The number of pyridine rings is 1. The predicted molar refractivity (Wildman–Crippen MR) is 77.1 cm³/mol. The minimum atomic E-state index is -0.418. The van der Waals surface area contributed by atoms with Crippen LogP contribution in [0.5, 0.6) is 0 Å². The Morgan fingerprint density at radius 1 is 1.60 bits per heavy atom. The molecule has 5 nitrogen and oxygen atoms in total. The van der Waals surface area contributed by atoms with Crippen molar-refractivity contribution in [3.63, 3.8) is 0 Å². The fraction of sp³-hybridized carbons (Fsp3) is 0.385. The maximum absolute atomic E-state index is 13.4. The zero-order valence-electron chi connectivity index (χ0n) is 11.0. The van der Waals surface area contributed by atoms with Crippen LogP contribution in [0.15, 0.2) is 29.9 Å². The SMILES string of the molecule is NCCCC1SC=CN1C(=O)NCc1ncccc1F. The third-order valence-electron chi connectivity index (χ3n) is 2.90. The van der Waals surface area contributed by atoms with Gasteiger partial charge in [0.25, 0.3) is 0 Å². The van der Waals surface area contributed by atoms with E-state index in [2.05, 4.69) is 10.3 Å². The summed E-state index contributed by atoms with van der Waals surface area (Å²) in [6, 6.07) is 2.59. The van der Waals surface area contributed by atoms with Crippen LogP contribution < -0.4 is 11.1 Å². The van der Waals surface area contributed by atoms with Crippen LogP contribution in [0.25, 0.3) is 0 Å². The minimum Gasteiger partial charge on any atom is -0.332 e. The molecule has 1 aromatic rings. The van der Waals surface area contributed by atoms with E-state index in [1.54, 1.807) is 22.9 Å². The highest BCUT2D eigenvalue weighted by Crippen LogP contribution is 2.28. The molecule has 1 aromatic heterocycles. The first-order valence-electron chi connectivity index (χ1n) is 6.40. The lowest BCUT2D eigenvalue weighted by Crippen LogP contribution is -2.39. The molecule has 7 heteroatoms. The van der Waals surface area contributed by atoms with E-state index in [-0.39, 0.29) is 23.6 Å². The van der Waals surface area contributed by atoms with Gasteiger partial charge in [-0.05, 0) is 36.9 Å². The number of rotatable bonds is 5. The molecule has 0 saturated carbocycles. The van der Waals surface area contributed by atoms with E-state index in [1.165, 1.54) is 18.3 Å². The molecular weight excluding hydrogens is 279 g/mol. The van der Waals surface area contributed by atoms with Gasteiger partial charge in [-0.2, -0.15) is 0 Å². The number of thioether (sulfide) groups is 1. The van der Waals surface area contributed by atoms with Gasteiger partial charge < -0.3 is 11.1 Å². The van der Waals surface area contributed by atoms with Crippen molar-refractivity contribution in [1.82, 2.24) is 15.2 Å². The molecule has 1 aliphatic rings. The minimum absolute atomic E-state index is 0.0622. The number of amides is 2. The number of urea groups is 1. The fourth-order valence-corrected chi connectivity index (χ4v) is 2.83. The van der Waals surface area contributed by atoms with Crippen molar-refractivity contribution in [3.8, 4) is 0 Å². The lowest BCUT2D eigenvalue weighted by molar-refractivity contribution is 0.211. The quantitative estimate of drug-likeness (QED) is 0.872. The molecule has 108 valence electrons. The van der Waals surface area contributed by atoms with E-state index in [4.69, 9.17) is 5.73 Å². The first-order valence-corrected chi connectivity index (χ1v) is 7.34. The van der Waals surface area contributed by atoms with Gasteiger partial charge in [-0.1, -0.05) is 0 Å². The Hall–Kier alpha value is -1.60. The van der Waals surface area contributed by atoms with Gasteiger partial charge in [-0.25, -0.2) is 9.18 Å². The summed E-state index contributed by atoms with van der Waals surface area (Å²) >= 11 is 1.58. The van der Waals surface area contributed by atoms with Gasteiger partial charge in [0.05, 0.1) is 17.6 Å². The Morgan fingerprint density at radius 3 is 3.20 bits per heavy atom. The van der Waals surface area contributed by atoms with E-state index in [0.717, 1.165) is 12.8 Å². The van der Waals surface area contributed by atoms with Crippen molar-refractivity contribution in [2.45, 2.75) is 24.8 Å². The summed E-state index contributed by atoms with van der Waals surface area (Å²) in [7, 11) is 0. The number of aromatic nitrogens is 1. The lowest BCUT2D eigenvalue weighted by atomic mass is 10.3. The summed E-state index contributed by atoms with van der Waals surface area (Å²) in [4.78, 5) is 17.6. The number of nitrogens with two attached hydrogens (primary N) is 1. The molecular formula is C13H17FN4OS. The van der Waals surface area contributed by atoms with Crippen LogP contribution in [-0.2, 0) is 6.54 Å². The molecule has 2 rings (SSSR count). The van der Waals surface area contributed by atoms with E-state index in [0.29, 0.717) is 6.54 Å². The fourth-order valence-electron chi connectivity index (χ4n) is 1.85. The molecule has 3 N–H and O–H groups in total. The summed E-state index contributed by atoms with van der Waals surface area (Å²) in [5.41, 5.74) is 5.71. The second-order valence-electron chi connectivity index (χ2n) is 4.30. The van der Waals surface area contributed by atoms with Gasteiger partial charge in [-0.3, -0.25) is 9.88 Å². The van der Waals surface area contributed by atoms with Crippen LogP contribution >= 0.6 is 11.8 Å². The van der Waals surface area contributed by atoms with Crippen molar-refractivity contribution in [1.29, 1.82) is 0 Å². The normalized spacial score (nSPS) is 17.5. The molecule has 2 amide bonds. The Morgan fingerprint density at radius 2 is 2.45 bits per heavy atom. The summed E-state index contributed by atoms with van der Waals surface area (Å²) in [6.07, 6.45) is 4.92. The standard InChI is InChI=1S/C13H17FN4OS/c14-10-3-2-6-16-11(10)9-17-13(19)18-7-8-20-12(18)4-1-5-15/h2-3,6-8,12H,1,4-5,9,15H2,(H,17,19). The van der Waals surface area contributed by atoms with E-state index >= 15 is 0 Å². The van der Waals surface area contributed by atoms with Crippen LogP contribution in [0.2, 0.25) is 0 Å². The van der Waals surface area contributed by atoms with Crippen molar-refractivity contribution < 1.29 is 9.18 Å².